The Labute approximate surface area is 145 Å². The van der Waals surface area contributed by atoms with Gasteiger partial charge in [0.2, 0.25) is 0 Å². The normalized spacial score (nSPS) is 10.8. The van der Waals surface area contributed by atoms with E-state index in [1.54, 1.807) is 47.5 Å². The lowest BCUT2D eigenvalue weighted by molar-refractivity contribution is 0.102. The lowest BCUT2D eigenvalue weighted by Gasteiger charge is -2.13. The van der Waals surface area contributed by atoms with Crippen molar-refractivity contribution in [2.45, 2.75) is 19.8 Å². The summed E-state index contributed by atoms with van der Waals surface area (Å²) < 4.78 is 1.78. The number of rotatable bonds is 4. The Balaban J connectivity index is 1.97. The molecule has 1 aromatic carbocycles. The molecule has 24 heavy (non-hydrogen) atoms. The molecule has 1 amide bonds. The zero-order valence-corrected chi connectivity index (χ0v) is 14.2. The van der Waals surface area contributed by atoms with Gasteiger partial charge in [0, 0.05) is 11.2 Å². The SMILES string of the molecule is CC(C)c1c(C(=O)Nc2cccnc2)cnn1-c1ccc(Cl)cc1. The zero-order chi connectivity index (χ0) is 17.1. The van der Waals surface area contributed by atoms with E-state index in [4.69, 9.17) is 11.6 Å². The lowest BCUT2D eigenvalue weighted by atomic mass is 10.0. The second-order valence-corrected chi connectivity index (χ2v) is 6.12. The summed E-state index contributed by atoms with van der Waals surface area (Å²) in [4.78, 5) is 16.6. The molecule has 0 aliphatic rings. The molecule has 0 fully saturated rings. The van der Waals surface area contributed by atoms with Crippen LogP contribution in [0.15, 0.2) is 55.0 Å². The second-order valence-electron chi connectivity index (χ2n) is 5.68. The van der Waals surface area contributed by atoms with Crippen molar-refractivity contribution in [2.75, 3.05) is 5.32 Å². The minimum absolute atomic E-state index is 0.123. The number of carbonyl (C=O) groups excluding carboxylic acids is 1. The molecule has 1 N–H and O–H groups in total. The van der Waals surface area contributed by atoms with Crippen LogP contribution in [0, 0.1) is 0 Å². The molecule has 0 atom stereocenters. The van der Waals surface area contributed by atoms with Crippen LogP contribution in [0.25, 0.3) is 5.69 Å². The van der Waals surface area contributed by atoms with Gasteiger partial charge in [0.05, 0.1) is 35.0 Å². The fourth-order valence-corrected chi connectivity index (χ4v) is 2.64. The first-order chi connectivity index (χ1) is 11.6. The predicted molar refractivity (Wildman–Crippen MR) is 94.9 cm³/mol. The Morgan fingerprint density at radius 3 is 2.54 bits per heavy atom. The van der Waals surface area contributed by atoms with E-state index >= 15 is 0 Å². The van der Waals surface area contributed by atoms with Gasteiger partial charge >= 0.3 is 0 Å². The van der Waals surface area contributed by atoms with E-state index in [0.717, 1.165) is 11.4 Å². The monoisotopic (exact) mass is 340 g/mol. The van der Waals surface area contributed by atoms with Crippen LogP contribution in [0.1, 0.15) is 35.8 Å². The number of nitrogens with one attached hydrogen (secondary N) is 1. The van der Waals surface area contributed by atoms with Crippen LogP contribution < -0.4 is 5.32 Å². The minimum atomic E-state index is -0.202. The number of pyridine rings is 1. The fourth-order valence-electron chi connectivity index (χ4n) is 2.51. The highest BCUT2D eigenvalue weighted by molar-refractivity contribution is 6.30. The highest BCUT2D eigenvalue weighted by atomic mass is 35.5. The largest absolute Gasteiger partial charge is 0.320 e. The lowest BCUT2D eigenvalue weighted by Crippen LogP contribution is -2.15. The van der Waals surface area contributed by atoms with E-state index in [1.165, 1.54) is 0 Å². The van der Waals surface area contributed by atoms with E-state index in [0.29, 0.717) is 16.3 Å². The summed E-state index contributed by atoms with van der Waals surface area (Å²) >= 11 is 5.95. The molecule has 0 spiro atoms. The maximum Gasteiger partial charge on any atom is 0.259 e. The molecule has 0 radical (unpaired) electrons. The molecular weight excluding hydrogens is 324 g/mol. The van der Waals surface area contributed by atoms with Gasteiger partial charge in [-0.3, -0.25) is 9.78 Å². The average Bonchev–Trinajstić information content (AvgIpc) is 3.02. The Morgan fingerprint density at radius 1 is 1.17 bits per heavy atom. The number of benzene rings is 1. The fraction of sp³-hybridized carbons (Fsp3) is 0.167. The summed E-state index contributed by atoms with van der Waals surface area (Å²) in [6.45, 7) is 4.06. The Morgan fingerprint density at radius 2 is 1.92 bits per heavy atom. The first-order valence-electron chi connectivity index (χ1n) is 7.61. The first-order valence-corrected chi connectivity index (χ1v) is 7.99. The van der Waals surface area contributed by atoms with Crippen LogP contribution >= 0.6 is 11.6 Å². The smallest absolute Gasteiger partial charge is 0.259 e. The predicted octanol–water partition coefficient (Wildman–Crippen LogP) is 4.30. The Bertz CT molecular complexity index is 841. The zero-order valence-electron chi connectivity index (χ0n) is 13.4. The molecule has 0 saturated carbocycles. The Hall–Kier alpha value is -2.66. The van der Waals surface area contributed by atoms with E-state index in [1.807, 2.05) is 26.0 Å². The summed E-state index contributed by atoms with van der Waals surface area (Å²) in [7, 11) is 0. The summed E-state index contributed by atoms with van der Waals surface area (Å²) in [5.41, 5.74) is 2.91. The molecule has 0 saturated heterocycles. The number of amides is 1. The molecule has 3 rings (SSSR count). The van der Waals surface area contributed by atoms with Gasteiger partial charge in [-0.1, -0.05) is 25.4 Å². The third-order valence-corrected chi connectivity index (χ3v) is 3.84. The van der Waals surface area contributed by atoms with Crippen LogP contribution in [0.5, 0.6) is 0 Å². The molecular formula is C18H17ClN4O. The van der Waals surface area contributed by atoms with Gasteiger partial charge in [0.15, 0.2) is 0 Å². The summed E-state index contributed by atoms with van der Waals surface area (Å²) in [5, 5.41) is 7.91. The van der Waals surface area contributed by atoms with Crippen LogP contribution in [0.3, 0.4) is 0 Å². The van der Waals surface area contributed by atoms with Gasteiger partial charge in [-0.25, -0.2) is 4.68 Å². The van der Waals surface area contributed by atoms with E-state index < -0.39 is 0 Å². The molecule has 3 aromatic rings. The number of halogens is 1. The molecule has 0 aliphatic heterocycles. The maximum atomic E-state index is 12.6. The van der Waals surface area contributed by atoms with Crippen LogP contribution in [0.4, 0.5) is 5.69 Å². The maximum absolute atomic E-state index is 12.6. The summed E-state index contributed by atoms with van der Waals surface area (Å²) in [6.07, 6.45) is 4.86. The van der Waals surface area contributed by atoms with Crippen molar-refractivity contribution in [1.82, 2.24) is 14.8 Å². The highest BCUT2D eigenvalue weighted by Crippen LogP contribution is 2.24. The van der Waals surface area contributed by atoms with Crippen molar-refractivity contribution in [3.05, 3.63) is 71.3 Å². The highest BCUT2D eigenvalue weighted by Gasteiger charge is 2.21. The molecule has 6 heteroatoms. The summed E-state index contributed by atoms with van der Waals surface area (Å²) in [5.74, 6) is -0.0789. The molecule has 5 nitrogen and oxygen atoms in total. The third kappa shape index (κ3) is 3.31. The van der Waals surface area contributed by atoms with Gasteiger partial charge < -0.3 is 5.32 Å². The van der Waals surface area contributed by atoms with Gasteiger partial charge in [-0.05, 0) is 42.3 Å². The third-order valence-electron chi connectivity index (χ3n) is 3.59. The molecule has 0 aliphatic carbocycles. The molecule has 0 unspecified atom stereocenters. The number of anilines is 1. The van der Waals surface area contributed by atoms with Crippen molar-refractivity contribution in [1.29, 1.82) is 0 Å². The Kier molecular flexibility index (Phi) is 4.62. The van der Waals surface area contributed by atoms with Crippen LogP contribution in [-0.2, 0) is 0 Å². The molecule has 0 bridgehead atoms. The molecule has 2 aromatic heterocycles. The summed E-state index contributed by atoms with van der Waals surface area (Å²) in [6, 6.07) is 10.9. The van der Waals surface area contributed by atoms with Gasteiger partial charge in [0.1, 0.15) is 0 Å². The van der Waals surface area contributed by atoms with Gasteiger partial charge in [-0.15, -0.1) is 0 Å². The van der Waals surface area contributed by atoms with Crippen molar-refractivity contribution in [3.63, 3.8) is 0 Å². The van der Waals surface area contributed by atoms with E-state index in [-0.39, 0.29) is 11.8 Å². The van der Waals surface area contributed by atoms with E-state index in [2.05, 4.69) is 15.4 Å². The minimum Gasteiger partial charge on any atom is -0.320 e. The van der Waals surface area contributed by atoms with Gasteiger partial charge in [-0.2, -0.15) is 5.10 Å². The first kappa shape index (κ1) is 16.2. The topological polar surface area (TPSA) is 59.8 Å². The van der Waals surface area contributed by atoms with E-state index in [9.17, 15) is 4.79 Å². The quantitative estimate of drug-likeness (QED) is 0.770. The standard InChI is InChI=1S/C18H17ClN4O/c1-12(2)17-16(18(24)22-14-4-3-9-20-10-14)11-21-23(17)15-7-5-13(19)6-8-15/h3-12H,1-2H3,(H,22,24). The van der Waals surface area contributed by atoms with Crippen molar-refractivity contribution in [2.24, 2.45) is 0 Å². The number of hydrogen-bond donors (Lipinski definition) is 1. The van der Waals surface area contributed by atoms with Crippen LogP contribution in [0.2, 0.25) is 5.02 Å². The second kappa shape index (κ2) is 6.84. The number of aromatic nitrogens is 3. The number of carbonyl (C=O) groups is 1. The van der Waals surface area contributed by atoms with Crippen molar-refractivity contribution >= 4 is 23.2 Å². The average molecular weight is 341 g/mol. The number of nitrogens with zero attached hydrogens (tertiary/aromatic N) is 3. The van der Waals surface area contributed by atoms with Crippen molar-refractivity contribution in [3.8, 4) is 5.69 Å². The molecule has 122 valence electrons. The number of hydrogen-bond acceptors (Lipinski definition) is 3. The van der Waals surface area contributed by atoms with Gasteiger partial charge in [0.25, 0.3) is 5.91 Å². The van der Waals surface area contributed by atoms with Crippen molar-refractivity contribution < 1.29 is 4.79 Å². The van der Waals surface area contributed by atoms with Crippen LogP contribution in [-0.4, -0.2) is 20.7 Å². The molecule has 2 heterocycles.